The van der Waals surface area contributed by atoms with Crippen molar-refractivity contribution in [2.75, 3.05) is 36.4 Å². The summed E-state index contributed by atoms with van der Waals surface area (Å²) in [7, 11) is -3.55. The number of piperidine rings is 2. The molecule has 2 aliphatic rings. The van der Waals surface area contributed by atoms with E-state index in [2.05, 4.69) is 15.2 Å². The van der Waals surface area contributed by atoms with Gasteiger partial charge in [0.25, 0.3) is 0 Å². The number of aromatic nitrogens is 1. The number of nitrogens with one attached hydrogen (secondary N) is 1. The van der Waals surface area contributed by atoms with Crippen molar-refractivity contribution in [1.82, 2.24) is 9.29 Å². The van der Waals surface area contributed by atoms with E-state index in [4.69, 9.17) is 0 Å². The van der Waals surface area contributed by atoms with Gasteiger partial charge in [-0.15, -0.1) is 0 Å². The summed E-state index contributed by atoms with van der Waals surface area (Å²) in [6, 6.07) is 9.25. The number of anilines is 2. The molecule has 7 nitrogen and oxygen atoms in total. The second-order valence-electron chi connectivity index (χ2n) is 8.89. The zero-order valence-electron chi connectivity index (χ0n) is 18.9. The van der Waals surface area contributed by atoms with Crippen LogP contribution in [0.15, 0.2) is 41.4 Å². The highest BCUT2D eigenvalue weighted by Crippen LogP contribution is 2.27. The van der Waals surface area contributed by atoms with Gasteiger partial charge < -0.3 is 10.2 Å². The Hall–Kier alpha value is -2.45. The van der Waals surface area contributed by atoms with Gasteiger partial charge in [-0.3, -0.25) is 4.79 Å². The number of carbonyl (C=O) groups excluding carboxylic acids is 1. The molecule has 0 bridgehead atoms. The molecule has 2 fully saturated rings. The van der Waals surface area contributed by atoms with E-state index < -0.39 is 10.0 Å². The lowest BCUT2D eigenvalue weighted by molar-refractivity contribution is -0.120. The quantitative estimate of drug-likeness (QED) is 0.741. The monoisotopic (exact) mass is 456 g/mol. The number of carbonyl (C=O) groups is 1. The Morgan fingerprint density at radius 3 is 2.34 bits per heavy atom. The summed E-state index contributed by atoms with van der Waals surface area (Å²) in [5, 5.41) is 2.95. The average molecular weight is 457 g/mol. The van der Waals surface area contributed by atoms with Crippen LogP contribution in [-0.2, 0) is 14.8 Å². The molecule has 32 heavy (non-hydrogen) atoms. The van der Waals surface area contributed by atoms with Crippen LogP contribution >= 0.6 is 0 Å². The minimum atomic E-state index is -3.55. The summed E-state index contributed by atoms with van der Waals surface area (Å²) in [4.78, 5) is 19.9. The van der Waals surface area contributed by atoms with Crippen LogP contribution in [0.25, 0.3) is 0 Å². The molecule has 8 heteroatoms. The number of pyridine rings is 1. The van der Waals surface area contributed by atoms with Gasteiger partial charge in [0, 0.05) is 32.1 Å². The number of hydrogen-bond acceptors (Lipinski definition) is 5. The minimum Gasteiger partial charge on any atom is -0.357 e. The molecule has 0 aliphatic carbocycles. The van der Waals surface area contributed by atoms with Crippen molar-refractivity contribution >= 4 is 27.4 Å². The number of benzene rings is 1. The average Bonchev–Trinajstić information content (AvgIpc) is 2.80. The van der Waals surface area contributed by atoms with Gasteiger partial charge in [0.05, 0.1) is 16.8 Å². The van der Waals surface area contributed by atoms with E-state index in [1.165, 1.54) is 23.6 Å². The second kappa shape index (κ2) is 9.58. The van der Waals surface area contributed by atoms with Crippen LogP contribution in [0.2, 0.25) is 0 Å². The highest BCUT2D eigenvalue weighted by atomic mass is 32.2. The first-order valence-electron chi connectivity index (χ1n) is 11.4. The lowest BCUT2D eigenvalue weighted by Gasteiger charge is -2.31. The van der Waals surface area contributed by atoms with Crippen molar-refractivity contribution in [2.45, 2.75) is 50.8 Å². The molecule has 1 amide bonds. The van der Waals surface area contributed by atoms with Crippen molar-refractivity contribution in [3.8, 4) is 0 Å². The molecule has 0 unspecified atom stereocenters. The molecule has 2 saturated heterocycles. The molecule has 4 rings (SSSR count). The van der Waals surface area contributed by atoms with Crippen molar-refractivity contribution in [2.24, 2.45) is 5.92 Å². The molecule has 3 heterocycles. The van der Waals surface area contributed by atoms with Gasteiger partial charge in [-0.25, -0.2) is 13.4 Å². The molecule has 0 radical (unpaired) electrons. The third-order valence-corrected chi connectivity index (χ3v) is 8.53. The summed E-state index contributed by atoms with van der Waals surface area (Å²) < 4.78 is 27.6. The van der Waals surface area contributed by atoms with Gasteiger partial charge in [-0.05, 0) is 69.7 Å². The van der Waals surface area contributed by atoms with Crippen molar-refractivity contribution < 1.29 is 13.2 Å². The first kappa shape index (κ1) is 22.7. The zero-order valence-corrected chi connectivity index (χ0v) is 19.7. The highest BCUT2D eigenvalue weighted by molar-refractivity contribution is 7.89. The Kier molecular flexibility index (Phi) is 6.81. The molecule has 0 spiro atoms. The second-order valence-corrected chi connectivity index (χ2v) is 10.8. The predicted molar refractivity (Wildman–Crippen MR) is 126 cm³/mol. The number of sulfonamides is 1. The molecule has 0 saturated carbocycles. The van der Waals surface area contributed by atoms with Crippen molar-refractivity contribution in [3.05, 3.63) is 47.7 Å². The Labute approximate surface area is 190 Å². The van der Waals surface area contributed by atoms with Gasteiger partial charge >= 0.3 is 0 Å². The third kappa shape index (κ3) is 4.96. The smallest absolute Gasteiger partial charge is 0.243 e. The largest absolute Gasteiger partial charge is 0.357 e. The summed E-state index contributed by atoms with van der Waals surface area (Å²) in [6.45, 7) is 6.53. The fourth-order valence-corrected chi connectivity index (χ4v) is 6.28. The molecule has 1 aromatic heterocycles. The molecule has 1 N–H and O–H groups in total. The number of nitrogens with zero attached hydrogens (tertiary/aromatic N) is 3. The van der Waals surface area contributed by atoms with Gasteiger partial charge in [-0.1, -0.05) is 17.7 Å². The van der Waals surface area contributed by atoms with E-state index in [0.717, 1.165) is 30.0 Å². The molecule has 172 valence electrons. The van der Waals surface area contributed by atoms with Crippen molar-refractivity contribution in [3.63, 3.8) is 0 Å². The van der Waals surface area contributed by atoms with E-state index in [-0.39, 0.29) is 11.8 Å². The summed E-state index contributed by atoms with van der Waals surface area (Å²) >= 11 is 0. The standard InChI is InChI=1S/C24H32N4O3S/c1-18-6-8-22(19(2)16-18)32(30,31)28-14-10-20(11-15-28)24(29)26-21-7-9-23(25-17-21)27-12-4-3-5-13-27/h6-9,16-17,20H,3-5,10-15H2,1-2H3,(H,26,29). The zero-order chi connectivity index (χ0) is 22.7. The Balaban J connectivity index is 1.33. The fraction of sp³-hybridized carbons (Fsp3) is 0.500. The summed E-state index contributed by atoms with van der Waals surface area (Å²) in [6.07, 6.45) is 6.39. The third-order valence-electron chi connectivity index (χ3n) is 6.47. The van der Waals surface area contributed by atoms with Crippen LogP contribution < -0.4 is 10.2 Å². The normalized spacial score (nSPS) is 18.5. The molecule has 0 atom stereocenters. The number of rotatable bonds is 5. The molecular weight excluding hydrogens is 424 g/mol. The van der Waals surface area contributed by atoms with Crippen LogP contribution in [-0.4, -0.2) is 49.8 Å². The first-order chi connectivity index (χ1) is 15.3. The van der Waals surface area contributed by atoms with Crippen LogP contribution in [0.1, 0.15) is 43.2 Å². The minimum absolute atomic E-state index is 0.0684. The van der Waals surface area contributed by atoms with E-state index in [1.807, 2.05) is 38.1 Å². The van der Waals surface area contributed by atoms with Crippen LogP contribution in [0.4, 0.5) is 11.5 Å². The maximum absolute atomic E-state index is 13.1. The van der Waals surface area contributed by atoms with Gasteiger partial charge in [0.15, 0.2) is 0 Å². The predicted octanol–water partition coefficient (Wildman–Crippen LogP) is 3.73. The number of hydrogen-bond donors (Lipinski definition) is 1. The fourth-order valence-electron chi connectivity index (χ4n) is 4.60. The van der Waals surface area contributed by atoms with Crippen LogP contribution in [0.3, 0.4) is 0 Å². The molecule has 2 aliphatic heterocycles. The van der Waals surface area contributed by atoms with Crippen LogP contribution in [0.5, 0.6) is 0 Å². The van der Waals surface area contributed by atoms with E-state index >= 15 is 0 Å². The first-order valence-corrected chi connectivity index (χ1v) is 12.9. The SMILES string of the molecule is Cc1ccc(S(=O)(=O)N2CCC(C(=O)Nc3ccc(N4CCCCC4)nc3)CC2)c(C)c1. The maximum atomic E-state index is 13.1. The van der Waals surface area contributed by atoms with Gasteiger partial charge in [0.2, 0.25) is 15.9 Å². The Morgan fingerprint density at radius 2 is 1.72 bits per heavy atom. The summed E-state index contributed by atoms with van der Waals surface area (Å²) in [5.41, 5.74) is 2.47. The molecule has 1 aromatic carbocycles. The highest BCUT2D eigenvalue weighted by Gasteiger charge is 2.32. The van der Waals surface area contributed by atoms with E-state index in [0.29, 0.717) is 36.5 Å². The molecule has 2 aromatic rings. The number of amides is 1. The maximum Gasteiger partial charge on any atom is 0.243 e. The van der Waals surface area contributed by atoms with Crippen LogP contribution in [0, 0.1) is 19.8 Å². The van der Waals surface area contributed by atoms with Gasteiger partial charge in [0.1, 0.15) is 5.82 Å². The lowest BCUT2D eigenvalue weighted by atomic mass is 9.97. The number of aryl methyl sites for hydroxylation is 2. The summed E-state index contributed by atoms with van der Waals surface area (Å²) in [5.74, 6) is 0.677. The Morgan fingerprint density at radius 1 is 1.00 bits per heavy atom. The van der Waals surface area contributed by atoms with Gasteiger partial charge in [-0.2, -0.15) is 4.31 Å². The Bertz CT molecular complexity index is 1060. The topological polar surface area (TPSA) is 82.6 Å². The lowest BCUT2D eigenvalue weighted by Crippen LogP contribution is -2.41. The molecular formula is C24H32N4O3S. The van der Waals surface area contributed by atoms with Crippen molar-refractivity contribution in [1.29, 1.82) is 0 Å². The van der Waals surface area contributed by atoms with E-state index in [9.17, 15) is 13.2 Å². The van der Waals surface area contributed by atoms with E-state index in [1.54, 1.807) is 12.3 Å².